The first kappa shape index (κ1) is 20.2. The Morgan fingerprint density at radius 2 is 1.81 bits per heavy atom. The molecule has 0 fully saturated rings. The molecule has 0 unspecified atom stereocenters. The summed E-state index contributed by atoms with van der Waals surface area (Å²) in [5.74, 6) is -2.15. The molecule has 0 bridgehead atoms. The van der Waals surface area contributed by atoms with Gasteiger partial charge in [-0.3, -0.25) is 0 Å². The Bertz CT molecular complexity index is 782. The van der Waals surface area contributed by atoms with E-state index in [2.05, 4.69) is 12.6 Å². The van der Waals surface area contributed by atoms with Gasteiger partial charge in [-0.25, -0.2) is 13.6 Å². The Morgan fingerprint density at radius 1 is 1.19 bits per heavy atom. The number of hydrogen-bond donors (Lipinski definition) is 2. The third-order valence-electron chi connectivity index (χ3n) is 4.79. The number of rotatable bonds is 7. The molecule has 0 saturated heterocycles. The number of carboxylic acids is 1. The molecule has 0 saturated carbocycles. The minimum Gasteiger partial charge on any atom is -0.479 e. The molecule has 0 aliphatic heterocycles. The van der Waals surface area contributed by atoms with Crippen LogP contribution in [-0.2, 0) is 16.8 Å². The molecule has 26 heavy (non-hydrogen) atoms. The first-order valence-electron chi connectivity index (χ1n) is 8.48. The van der Waals surface area contributed by atoms with Gasteiger partial charge < -0.3 is 10.0 Å². The summed E-state index contributed by atoms with van der Waals surface area (Å²) in [6.45, 7) is 3.72. The molecule has 6 heteroatoms. The second-order valence-corrected chi connectivity index (χ2v) is 6.82. The largest absolute Gasteiger partial charge is 0.479 e. The number of nitrogens with zero attached hydrogens (tertiary/aromatic N) is 1. The fourth-order valence-electron chi connectivity index (χ4n) is 3.25. The van der Waals surface area contributed by atoms with Crippen LogP contribution < -0.4 is 4.90 Å². The molecule has 2 aromatic carbocycles. The fourth-order valence-corrected chi connectivity index (χ4v) is 3.68. The zero-order valence-corrected chi connectivity index (χ0v) is 15.9. The van der Waals surface area contributed by atoms with Crippen LogP contribution in [0.4, 0.5) is 14.5 Å². The summed E-state index contributed by atoms with van der Waals surface area (Å²) in [5, 5.41) is 9.51. The van der Waals surface area contributed by atoms with Gasteiger partial charge in [0.1, 0.15) is 11.6 Å². The molecule has 0 radical (unpaired) electrons. The van der Waals surface area contributed by atoms with Crippen LogP contribution in [0.3, 0.4) is 0 Å². The van der Waals surface area contributed by atoms with Gasteiger partial charge in [-0.1, -0.05) is 32.0 Å². The normalized spacial score (nSPS) is 14.5. The van der Waals surface area contributed by atoms with Crippen molar-refractivity contribution in [2.75, 3.05) is 11.9 Å². The van der Waals surface area contributed by atoms with Crippen molar-refractivity contribution in [1.29, 1.82) is 0 Å². The summed E-state index contributed by atoms with van der Waals surface area (Å²) in [4.78, 5) is 13.8. The highest BCUT2D eigenvalue weighted by molar-refractivity contribution is 7.81. The summed E-state index contributed by atoms with van der Waals surface area (Å²) >= 11 is 4.51. The van der Waals surface area contributed by atoms with Crippen molar-refractivity contribution < 1.29 is 18.7 Å². The minimum atomic E-state index is -1.65. The van der Waals surface area contributed by atoms with Crippen molar-refractivity contribution in [3.8, 4) is 0 Å². The van der Waals surface area contributed by atoms with Gasteiger partial charge in [0.05, 0.1) is 5.69 Å². The van der Waals surface area contributed by atoms with Crippen molar-refractivity contribution >= 4 is 24.3 Å². The van der Waals surface area contributed by atoms with Crippen molar-refractivity contribution in [3.05, 3.63) is 65.2 Å². The van der Waals surface area contributed by atoms with Crippen LogP contribution in [0.5, 0.6) is 0 Å². The van der Waals surface area contributed by atoms with Gasteiger partial charge in [0.15, 0.2) is 5.54 Å². The zero-order chi connectivity index (χ0) is 19.5. The number of aliphatic carboxylic acids is 1. The number of halogens is 2. The number of aryl methyl sites for hydroxylation is 1. The fraction of sp³-hybridized carbons (Fsp3) is 0.350. The van der Waals surface area contributed by atoms with E-state index >= 15 is 0 Å². The van der Waals surface area contributed by atoms with E-state index in [1.165, 1.54) is 42.3 Å². The smallest absolute Gasteiger partial charge is 0.335 e. The first-order valence-corrected chi connectivity index (χ1v) is 9.00. The summed E-state index contributed by atoms with van der Waals surface area (Å²) in [7, 11) is 1.53. The SMILES string of the molecule is CCc1ccc(N(C)[C@@](C(=O)O)(c2ccc(F)cc2)[C@@H](S)CC)c(F)c1. The lowest BCUT2D eigenvalue weighted by atomic mass is 9.83. The maximum atomic E-state index is 14.7. The lowest BCUT2D eigenvalue weighted by Crippen LogP contribution is -2.57. The Balaban J connectivity index is 2.70. The number of anilines is 1. The van der Waals surface area contributed by atoms with Gasteiger partial charge in [0.25, 0.3) is 0 Å². The molecule has 2 rings (SSSR count). The maximum absolute atomic E-state index is 14.7. The van der Waals surface area contributed by atoms with E-state index in [9.17, 15) is 18.7 Å². The lowest BCUT2D eigenvalue weighted by Gasteiger charge is -2.43. The van der Waals surface area contributed by atoms with Gasteiger partial charge >= 0.3 is 5.97 Å². The van der Waals surface area contributed by atoms with Gasteiger partial charge in [-0.05, 0) is 48.2 Å². The molecule has 0 aliphatic rings. The van der Waals surface area contributed by atoms with Crippen LogP contribution in [0.25, 0.3) is 0 Å². The molecule has 140 valence electrons. The summed E-state index contributed by atoms with van der Waals surface area (Å²) < 4.78 is 28.1. The highest BCUT2D eigenvalue weighted by atomic mass is 32.1. The number of benzene rings is 2. The molecule has 0 heterocycles. The van der Waals surface area contributed by atoms with Crippen LogP contribution in [0.2, 0.25) is 0 Å². The zero-order valence-electron chi connectivity index (χ0n) is 15.0. The highest BCUT2D eigenvalue weighted by Gasteiger charge is 2.50. The van der Waals surface area contributed by atoms with Crippen LogP contribution in [0.1, 0.15) is 31.4 Å². The van der Waals surface area contributed by atoms with E-state index in [1.807, 2.05) is 13.8 Å². The molecule has 2 atom stereocenters. The van der Waals surface area contributed by atoms with Gasteiger partial charge in [0, 0.05) is 12.3 Å². The third-order valence-corrected chi connectivity index (χ3v) is 5.53. The molecule has 1 N–H and O–H groups in total. The van der Waals surface area contributed by atoms with E-state index in [0.717, 1.165) is 5.56 Å². The summed E-state index contributed by atoms with van der Waals surface area (Å²) in [6.07, 6.45) is 1.10. The minimum absolute atomic E-state index is 0.154. The average molecular weight is 379 g/mol. The predicted octanol–water partition coefficient (Wildman–Crippen LogP) is 4.65. The average Bonchev–Trinajstić information content (AvgIpc) is 2.62. The van der Waals surface area contributed by atoms with Gasteiger partial charge in [-0.15, -0.1) is 0 Å². The molecule has 3 nitrogen and oxygen atoms in total. The highest BCUT2D eigenvalue weighted by Crippen LogP contribution is 2.40. The van der Waals surface area contributed by atoms with Crippen LogP contribution >= 0.6 is 12.6 Å². The van der Waals surface area contributed by atoms with Gasteiger partial charge in [0.2, 0.25) is 0 Å². The van der Waals surface area contributed by atoms with Crippen molar-refractivity contribution in [3.63, 3.8) is 0 Å². The Hall–Kier alpha value is -2.08. The molecule has 0 aromatic heterocycles. The number of hydrogen-bond acceptors (Lipinski definition) is 3. The second kappa shape index (κ2) is 8.08. The van der Waals surface area contributed by atoms with Crippen molar-refractivity contribution in [1.82, 2.24) is 0 Å². The summed E-state index contributed by atoms with van der Waals surface area (Å²) in [6, 6.07) is 9.98. The number of carboxylic acid groups (broad SMARTS) is 1. The Morgan fingerprint density at radius 3 is 2.27 bits per heavy atom. The second-order valence-electron chi connectivity index (χ2n) is 6.20. The van der Waals surface area contributed by atoms with Crippen LogP contribution in [0, 0.1) is 11.6 Å². The molecule has 0 spiro atoms. The number of carbonyl (C=O) groups is 1. The third kappa shape index (κ3) is 3.43. The van der Waals surface area contributed by atoms with Crippen LogP contribution in [0.15, 0.2) is 42.5 Å². The molecule has 2 aromatic rings. The van der Waals surface area contributed by atoms with E-state index in [0.29, 0.717) is 18.4 Å². The Labute approximate surface area is 158 Å². The monoisotopic (exact) mass is 379 g/mol. The van der Waals surface area contributed by atoms with Crippen molar-refractivity contribution in [2.24, 2.45) is 0 Å². The topological polar surface area (TPSA) is 40.5 Å². The number of thiol groups is 1. The standard InChI is InChI=1S/C20H23F2NO2S/c1-4-13-6-11-17(16(22)12-13)23(3)20(19(24)25,18(26)5-2)14-7-9-15(21)10-8-14/h6-12,18,26H,4-5H2,1-3H3,(H,24,25)/t18-,20-/m0/s1. The quantitative estimate of drug-likeness (QED) is 0.688. The first-order chi connectivity index (χ1) is 12.3. The van der Waals surface area contributed by atoms with Gasteiger partial charge in [-0.2, -0.15) is 12.6 Å². The van der Waals surface area contributed by atoms with E-state index in [4.69, 9.17) is 0 Å². The molecule has 0 amide bonds. The maximum Gasteiger partial charge on any atom is 0.335 e. The van der Waals surface area contributed by atoms with E-state index in [1.54, 1.807) is 12.1 Å². The Kier molecular flexibility index (Phi) is 6.29. The molecular weight excluding hydrogens is 356 g/mol. The summed E-state index contributed by atoms with van der Waals surface area (Å²) in [5.41, 5.74) is -0.337. The van der Waals surface area contributed by atoms with Crippen LogP contribution in [-0.4, -0.2) is 23.4 Å². The van der Waals surface area contributed by atoms with Crippen molar-refractivity contribution in [2.45, 2.75) is 37.5 Å². The van der Waals surface area contributed by atoms with E-state index < -0.39 is 28.4 Å². The number of likely N-dealkylation sites (N-methyl/N-ethyl adjacent to an activating group) is 1. The lowest BCUT2D eigenvalue weighted by molar-refractivity contribution is -0.143. The predicted molar refractivity (Wildman–Crippen MR) is 103 cm³/mol. The molecular formula is C20H23F2NO2S. The van der Waals surface area contributed by atoms with E-state index in [-0.39, 0.29) is 5.69 Å². The molecule has 0 aliphatic carbocycles.